The van der Waals surface area contributed by atoms with E-state index in [1.54, 1.807) is 11.9 Å². The molecule has 6 nitrogen and oxygen atoms in total. The lowest BCUT2D eigenvalue weighted by molar-refractivity contribution is -0.123. The standard InChI is InChI=1S/C13H18Cl2N4O2/c1-3-19(6-11(20)17-2)7-12(21)18-13-9(14)4-8(16)5-10(13)15/h4-5H,3,6-7,16H2,1-2H3,(H,17,20)(H,18,21). The van der Waals surface area contributed by atoms with Gasteiger partial charge in [-0.1, -0.05) is 30.1 Å². The van der Waals surface area contributed by atoms with Gasteiger partial charge in [0, 0.05) is 12.7 Å². The lowest BCUT2D eigenvalue weighted by atomic mass is 10.2. The first kappa shape index (κ1) is 17.6. The molecule has 0 heterocycles. The smallest absolute Gasteiger partial charge is 0.238 e. The fourth-order valence-corrected chi connectivity index (χ4v) is 2.25. The van der Waals surface area contributed by atoms with Crippen molar-refractivity contribution in [2.45, 2.75) is 6.92 Å². The fourth-order valence-electron chi connectivity index (χ4n) is 1.66. The summed E-state index contributed by atoms with van der Waals surface area (Å²) in [4.78, 5) is 25.0. The molecule has 0 fully saturated rings. The van der Waals surface area contributed by atoms with E-state index in [-0.39, 0.29) is 34.9 Å². The average Bonchev–Trinajstić information content (AvgIpc) is 2.41. The Balaban J connectivity index is 2.71. The first-order valence-corrected chi connectivity index (χ1v) is 7.10. The van der Waals surface area contributed by atoms with Crippen molar-refractivity contribution in [2.24, 2.45) is 0 Å². The maximum absolute atomic E-state index is 12.0. The van der Waals surface area contributed by atoms with Gasteiger partial charge in [-0.05, 0) is 18.7 Å². The van der Waals surface area contributed by atoms with Crippen LogP contribution in [-0.2, 0) is 9.59 Å². The van der Waals surface area contributed by atoms with Crippen LogP contribution >= 0.6 is 23.2 Å². The van der Waals surface area contributed by atoms with Crippen LogP contribution in [-0.4, -0.2) is 43.4 Å². The van der Waals surface area contributed by atoms with E-state index in [9.17, 15) is 9.59 Å². The van der Waals surface area contributed by atoms with E-state index in [1.165, 1.54) is 12.1 Å². The van der Waals surface area contributed by atoms with Crippen molar-refractivity contribution in [3.63, 3.8) is 0 Å². The van der Waals surface area contributed by atoms with Crippen LogP contribution in [0.5, 0.6) is 0 Å². The van der Waals surface area contributed by atoms with Crippen LogP contribution in [0, 0.1) is 0 Å². The second-order valence-corrected chi connectivity index (χ2v) is 5.20. The molecule has 4 N–H and O–H groups in total. The number of likely N-dealkylation sites (N-methyl/N-ethyl adjacent to an activating group) is 2. The number of carbonyl (C=O) groups is 2. The van der Waals surface area contributed by atoms with Crippen molar-refractivity contribution in [1.29, 1.82) is 0 Å². The molecular formula is C13H18Cl2N4O2. The van der Waals surface area contributed by atoms with E-state index in [0.29, 0.717) is 17.9 Å². The number of amides is 2. The van der Waals surface area contributed by atoms with Gasteiger partial charge in [-0.3, -0.25) is 14.5 Å². The molecule has 0 saturated heterocycles. The van der Waals surface area contributed by atoms with Crippen molar-refractivity contribution in [2.75, 3.05) is 37.7 Å². The molecule has 0 aromatic heterocycles. The van der Waals surface area contributed by atoms with Gasteiger partial charge in [-0.15, -0.1) is 0 Å². The molecule has 0 aliphatic carbocycles. The van der Waals surface area contributed by atoms with Crippen LogP contribution in [0.2, 0.25) is 10.0 Å². The number of hydrogen-bond donors (Lipinski definition) is 3. The Bertz CT molecular complexity index is 514. The summed E-state index contributed by atoms with van der Waals surface area (Å²) in [6.07, 6.45) is 0. The maximum atomic E-state index is 12.0. The van der Waals surface area contributed by atoms with Crippen LogP contribution in [0.3, 0.4) is 0 Å². The topological polar surface area (TPSA) is 87.5 Å². The predicted molar refractivity (Wildman–Crippen MR) is 85.7 cm³/mol. The first-order chi connectivity index (χ1) is 9.87. The number of nitrogens with two attached hydrogens (primary N) is 1. The minimum absolute atomic E-state index is 0.0565. The summed E-state index contributed by atoms with van der Waals surface area (Å²) in [5, 5.41) is 5.67. The summed E-state index contributed by atoms with van der Waals surface area (Å²) in [5.74, 6) is -0.470. The van der Waals surface area contributed by atoms with Gasteiger partial charge in [0.2, 0.25) is 11.8 Å². The lowest BCUT2D eigenvalue weighted by Crippen LogP contribution is -2.40. The molecule has 0 bridgehead atoms. The number of nitrogens with one attached hydrogen (secondary N) is 2. The van der Waals surface area contributed by atoms with E-state index in [1.807, 2.05) is 6.92 Å². The molecule has 1 aromatic rings. The van der Waals surface area contributed by atoms with Crippen molar-refractivity contribution in [1.82, 2.24) is 10.2 Å². The highest BCUT2D eigenvalue weighted by atomic mass is 35.5. The molecule has 0 aliphatic heterocycles. The monoisotopic (exact) mass is 332 g/mol. The highest BCUT2D eigenvalue weighted by molar-refractivity contribution is 6.40. The van der Waals surface area contributed by atoms with Gasteiger partial charge in [-0.2, -0.15) is 0 Å². The number of nitrogen functional groups attached to an aromatic ring is 1. The third-order valence-electron chi connectivity index (χ3n) is 2.79. The molecule has 0 unspecified atom stereocenters. The molecule has 1 rings (SSSR count). The van der Waals surface area contributed by atoms with Crippen LogP contribution in [0.1, 0.15) is 6.92 Å². The minimum atomic E-state index is -0.311. The summed E-state index contributed by atoms with van der Waals surface area (Å²) in [6, 6.07) is 3.01. The summed E-state index contributed by atoms with van der Waals surface area (Å²) in [6.45, 7) is 2.62. The fraction of sp³-hybridized carbons (Fsp3) is 0.385. The van der Waals surface area contributed by atoms with Gasteiger partial charge in [0.1, 0.15) is 0 Å². The van der Waals surface area contributed by atoms with Crippen LogP contribution in [0.25, 0.3) is 0 Å². The van der Waals surface area contributed by atoms with Crippen molar-refractivity contribution >= 4 is 46.4 Å². The Morgan fingerprint density at radius 2 is 1.71 bits per heavy atom. The normalized spacial score (nSPS) is 10.5. The highest BCUT2D eigenvalue weighted by Gasteiger charge is 2.15. The molecule has 0 radical (unpaired) electrons. The second-order valence-electron chi connectivity index (χ2n) is 4.38. The zero-order valence-electron chi connectivity index (χ0n) is 11.9. The molecule has 2 amide bonds. The molecule has 0 saturated carbocycles. The van der Waals surface area contributed by atoms with E-state index in [2.05, 4.69) is 10.6 Å². The minimum Gasteiger partial charge on any atom is -0.399 e. The van der Waals surface area contributed by atoms with E-state index in [0.717, 1.165) is 0 Å². The average molecular weight is 333 g/mol. The van der Waals surface area contributed by atoms with Crippen molar-refractivity contribution in [3.8, 4) is 0 Å². The molecule has 1 aromatic carbocycles. The molecule has 0 spiro atoms. The molecule has 8 heteroatoms. The molecule has 116 valence electrons. The lowest BCUT2D eigenvalue weighted by Gasteiger charge is -2.19. The van der Waals surface area contributed by atoms with Crippen molar-refractivity contribution in [3.05, 3.63) is 22.2 Å². The Morgan fingerprint density at radius 3 is 2.19 bits per heavy atom. The van der Waals surface area contributed by atoms with Crippen LogP contribution in [0.4, 0.5) is 11.4 Å². The number of hydrogen-bond acceptors (Lipinski definition) is 4. The predicted octanol–water partition coefficient (Wildman–Crippen LogP) is 1.58. The van der Waals surface area contributed by atoms with Gasteiger partial charge in [-0.25, -0.2) is 0 Å². The van der Waals surface area contributed by atoms with Gasteiger partial charge >= 0.3 is 0 Å². The zero-order valence-corrected chi connectivity index (χ0v) is 13.4. The second kappa shape index (κ2) is 8.07. The Kier molecular flexibility index (Phi) is 6.74. The van der Waals surface area contributed by atoms with Gasteiger partial charge in [0.25, 0.3) is 0 Å². The Hall–Kier alpha value is -1.50. The quantitative estimate of drug-likeness (QED) is 0.690. The Morgan fingerprint density at radius 1 is 1.19 bits per heavy atom. The van der Waals surface area contributed by atoms with Gasteiger partial charge in [0.15, 0.2) is 0 Å². The van der Waals surface area contributed by atoms with E-state index >= 15 is 0 Å². The largest absolute Gasteiger partial charge is 0.399 e. The third kappa shape index (κ3) is 5.41. The first-order valence-electron chi connectivity index (χ1n) is 6.34. The van der Waals surface area contributed by atoms with Gasteiger partial charge < -0.3 is 16.4 Å². The van der Waals surface area contributed by atoms with E-state index < -0.39 is 0 Å². The van der Waals surface area contributed by atoms with Crippen LogP contribution < -0.4 is 16.4 Å². The number of rotatable bonds is 6. The molecule has 0 atom stereocenters. The van der Waals surface area contributed by atoms with Crippen LogP contribution in [0.15, 0.2) is 12.1 Å². The summed E-state index contributed by atoms with van der Waals surface area (Å²) in [5.41, 5.74) is 6.33. The summed E-state index contributed by atoms with van der Waals surface area (Å²) < 4.78 is 0. The third-order valence-corrected chi connectivity index (χ3v) is 3.39. The van der Waals surface area contributed by atoms with E-state index in [4.69, 9.17) is 28.9 Å². The highest BCUT2D eigenvalue weighted by Crippen LogP contribution is 2.32. The van der Waals surface area contributed by atoms with Crippen molar-refractivity contribution < 1.29 is 9.59 Å². The molecule has 21 heavy (non-hydrogen) atoms. The Labute approximate surface area is 133 Å². The number of benzene rings is 1. The number of nitrogens with zero attached hydrogens (tertiary/aromatic N) is 1. The molecular weight excluding hydrogens is 315 g/mol. The number of carbonyl (C=O) groups excluding carboxylic acids is 2. The zero-order chi connectivity index (χ0) is 16.0. The number of halogens is 2. The number of anilines is 2. The SMILES string of the molecule is CCN(CC(=O)NC)CC(=O)Nc1c(Cl)cc(N)cc1Cl. The summed E-state index contributed by atoms with van der Waals surface area (Å²) >= 11 is 12.0. The summed E-state index contributed by atoms with van der Waals surface area (Å²) in [7, 11) is 1.55. The van der Waals surface area contributed by atoms with Gasteiger partial charge in [0.05, 0.1) is 28.8 Å². The maximum Gasteiger partial charge on any atom is 0.238 e. The molecule has 0 aliphatic rings.